The van der Waals surface area contributed by atoms with Gasteiger partial charge in [0.05, 0.1) is 5.52 Å². The summed E-state index contributed by atoms with van der Waals surface area (Å²) in [4.78, 5) is 14.1. The lowest BCUT2D eigenvalue weighted by molar-refractivity contribution is -0.0500. The topological polar surface area (TPSA) is 76.2 Å². The minimum Gasteiger partial charge on any atom is -0.376 e. The molecule has 0 fully saturated rings. The van der Waals surface area contributed by atoms with Crippen LogP contribution in [0.1, 0.15) is 25.3 Å². The number of hydrogen-bond donors (Lipinski definition) is 1. The lowest BCUT2D eigenvalue weighted by Crippen LogP contribution is -2.28. The summed E-state index contributed by atoms with van der Waals surface area (Å²) in [5.74, 6) is -0.516. The van der Waals surface area contributed by atoms with Gasteiger partial charge in [-0.3, -0.25) is 4.79 Å². The van der Waals surface area contributed by atoms with Crippen molar-refractivity contribution in [2.24, 2.45) is 0 Å². The Kier molecular flexibility index (Phi) is 4.69. The molecule has 1 aromatic carbocycles. The summed E-state index contributed by atoms with van der Waals surface area (Å²) in [5, 5.41) is 0.634. The van der Waals surface area contributed by atoms with Crippen LogP contribution in [0.5, 0.6) is 5.75 Å². The van der Waals surface area contributed by atoms with E-state index in [-0.39, 0.29) is 5.52 Å². The third-order valence-corrected chi connectivity index (χ3v) is 4.17. The Morgan fingerprint density at radius 3 is 2.52 bits per heavy atom. The number of unbranched alkanes of at least 4 members (excludes halogenated alkanes) is 1. The largest absolute Gasteiger partial charge is 0.534 e. The van der Waals surface area contributed by atoms with Crippen LogP contribution in [0.4, 0.5) is 13.2 Å². The second kappa shape index (κ2) is 6.23. The number of aryl methyl sites for hydroxylation is 1. The summed E-state index contributed by atoms with van der Waals surface area (Å²) in [7, 11) is -5.75. The fourth-order valence-electron chi connectivity index (χ4n) is 2.11. The van der Waals surface area contributed by atoms with Crippen molar-refractivity contribution in [1.29, 1.82) is 0 Å². The van der Waals surface area contributed by atoms with E-state index in [0.29, 0.717) is 11.8 Å². The maximum atomic E-state index is 12.3. The molecule has 9 heteroatoms. The van der Waals surface area contributed by atoms with Gasteiger partial charge in [0.15, 0.2) is 0 Å². The molecule has 0 atom stereocenters. The summed E-state index contributed by atoms with van der Waals surface area (Å²) in [6, 6.07) is 5.04. The van der Waals surface area contributed by atoms with Gasteiger partial charge in [-0.1, -0.05) is 13.3 Å². The van der Waals surface area contributed by atoms with Gasteiger partial charge in [-0.25, -0.2) is 0 Å². The Labute approximate surface area is 130 Å². The van der Waals surface area contributed by atoms with Crippen molar-refractivity contribution in [2.45, 2.75) is 31.7 Å². The molecule has 0 aliphatic rings. The number of hydrogen-bond acceptors (Lipinski definition) is 4. The monoisotopic (exact) mass is 349 g/mol. The van der Waals surface area contributed by atoms with Crippen molar-refractivity contribution in [3.63, 3.8) is 0 Å². The van der Waals surface area contributed by atoms with Crippen LogP contribution in [-0.4, -0.2) is 18.9 Å². The van der Waals surface area contributed by atoms with E-state index >= 15 is 0 Å². The molecular formula is C14H14F3NO4S. The zero-order valence-electron chi connectivity index (χ0n) is 12.1. The Hall–Kier alpha value is -2.03. The standard InChI is InChI=1S/C14H14F3NO4S/c1-2-3-4-9-7-13(19)18-12-8-10(5-6-11(9)12)22-23(20,21)14(15,16)17/h5-8H,2-4H2,1H3,(H,18,19). The number of aromatic amines is 1. The number of fused-ring (bicyclic) bond motifs is 1. The summed E-state index contributed by atoms with van der Waals surface area (Å²) in [6.45, 7) is 1.99. The fourth-order valence-corrected chi connectivity index (χ4v) is 2.56. The van der Waals surface area contributed by atoms with Crippen molar-refractivity contribution in [3.8, 4) is 5.75 Å². The molecule has 2 aromatic rings. The molecule has 0 unspecified atom stereocenters. The second-order valence-electron chi connectivity index (χ2n) is 4.95. The Balaban J connectivity index is 2.46. The summed E-state index contributed by atoms with van der Waals surface area (Å²) >= 11 is 0. The van der Waals surface area contributed by atoms with Gasteiger partial charge in [0.25, 0.3) is 0 Å². The third-order valence-electron chi connectivity index (χ3n) is 3.19. The number of aromatic nitrogens is 1. The highest BCUT2D eigenvalue weighted by Gasteiger charge is 2.48. The van der Waals surface area contributed by atoms with E-state index in [0.717, 1.165) is 30.5 Å². The smallest absolute Gasteiger partial charge is 0.376 e. The molecule has 23 heavy (non-hydrogen) atoms. The van der Waals surface area contributed by atoms with Crippen LogP contribution in [0.2, 0.25) is 0 Å². The van der Waals surface area contributed by atoms with E-state index in [1.54, 1.807) is 0 Å². The first-order chi connectivity index (χ1) is 10.6. The Bertz CT molecular complexity index is 872. The summed E-state index contributed by atoms with van der Waals surface area (Å²) in [6.07, 6.45) is 2.40. The van der Waals surface area contributed by atoms with Crippen LogP contribution >= 0.6 is 0 Å². The van der Waals surface area contributed by atoms with Crippen LogP contribution in [0.3, 0.4) is 0 Å². The Morgan fingerprint density at radius 2 is 1.91 bits per heavy atom. The quantitative estimate of drug-likeness (QED) is 0.665. The van der Waals surface area contributed by atoms with Gasteiger partial charge in [0.2, 0.25) is 5.56 Å². The van der Waals surface area contributed by atoms with E-state index in [1.807, 2.05) is 6.92 Å². The van der Waals surface area contributed by atoms with Crippen LogP contribution in [0.15, 0.2) is 29.1 Å². The molecule has 5 nitrogen and oxygen atoms in total. The first kappa shape index (κ1) is 17.3. The van der Waals surface area contributed by atoms with Crippen molar-refractivity contribution >= 4 is 21.0 Å². The molecule has 0 aliphatic carbocycles. The molecule has 0 amide bonds. The van der Waals surface area contributed by atoms with Crippen molar-refractivity contribution < 1.29 is 25.8 Å². The highest BCUT2D eigenvalue weighted by atomic mass is 32.2. The fraction of sp³-hybridized carbons (Fsp3) is 0.357. The highest BCUT2D eigenvalue weighted by Crippen LogP contribution is 2.29. The van der Waals surface area contributed by atoms with Crippen LogP contribution in [0, 0.1) is 0 Å². The van der Waals surface area contributed by atoms with Gasteiger partial charge in [0.1, 0.15) is 5.75 Å². The van der Waals surface area contributed by atoms with Crippen LogP contribution < -0.4 is 9.74 Å². The predicted octanol–water partition coefficient (Wildman–Crippen LogP) is 3.10. The van der Waals surface area contributed by atoms with Gasteiger partial charge in [-0.2, -0.15) is 21.6 Å². The number of nitrogens with one attached hydrogen (secondary N) is 1. The van der Waals surface area contributed by atoms with Gasteiger partial charge in [-0.15, -0.1) is 0 Å². The first-order valence-electron chi connectivity index (χ1n) is 6.81. The second-order valence-corrected chi connectivity index (χ2v) is 6.49. The molecule has 0 saturated heterocycles. The molecule has 2 rings (SSSR count). The van der Waals surface area contributed by atoms with E-state index in [1.165, 1.54) is 12.1 Å². The van der Waals surface area contributed by atoms with Crippen molar-refractivity contribution in [2.75, 3.05) is 0 Å². The zero-order valence-corrected chi connectivity index (χ0v) is 12.9. The number of H-pyrrole nitrogens is 1. The van der Waals surface area contributed by atoms with Crippen molar-refractivity contribution in [3.05, 3.63) is 40.2 Å². The molecule has 126 valence electrons. The summed E-state index contributed by atoms with van der Waals surface area (Å²) < 4.78 is 63.1. The van der Waals surface area contributed by atoms with Gasteiger partial charge >= 0.3 is 15.6 Å². The van der Waals surface area contributed by atoms with E-state index in [4.69, 9.17) is 0 Å². The highest BCUT2D eigenvalue weighted by molar-refractivity contribution is 7.88. The average Bonchev–Trinajstić information content (AvgIpc) is 2.42. The molecule has 1 N–H and O–H groups in total. The maximum absolute atomic E-state index is 12.3. The maximum Gasteiger partial charge on any atom is 0.534 e. The lowest BCUT2D eigenvalue weighted by Gasteiger charge is -2.11. The number of halogens is 3. The van der Waals surface area contributed by atoms with Crippen molar-refractivity contribution in [1.82, 2.24) is 4.98 Å². The zero-order chi connectivity index (χ0) is 17.3. The van der Waals surface area contributed by atoms with Crippen LogP contribution in [0.25, 0.3) is 10.9 Å². The number of alkyl halides is 3. The van der Waals surface area contributed by atoms with E-state index in [9.17, 15) is 26.4 Å². The molecule has 1 heterocycles. The number of rotatable bonds is 5. The molecule has 0 bridgehead atoms. The number of pyridine rings is 1. The van der Waals surface area contributed by atoms with E-state index in [2.05, 4.69) is 9.17 Å². The van der Waals surface area contributed by atoms with Gasteiger partial charge in [-0.05, 0) is 30.5 Å². The third kappa shape index (κ3) is 3.84. The Morgan fingerprint density at radius 1 is 1.22 bits per heavy atom. The molecule has 0 aliphatic heterocycles. The SMILES string of the molecule is CCCCc1cc(=O)[nH]c2cc(OS(=O)(=O)C(F)(F)F)ccc12. The minimum atomic E-state index is -5.75. The van der Waals surface area contributed by atoms with Gasteiger partial charge in [0, 0.05) is 17.5 Å². The minimum absolute atomic E-state index is 0.221. The number of benzene rings is 1. The molecule has 0 spiro atoms. The molecule has 0 saturated carbocycles. The normalized spacial score (nSPS) is 12.5. The van der Waals surface area contributed by atoms with Gasteiger partial charge < -0.3 is 9.17 Å². The summed E-state index contributed by atoms with van der Waals surface area (Å²) in [5.41, 5.74) is -4.97. The first-order valence-corrected chi connectivity index (χ1v) is 8.21. The average molecular weight is 349 g/mol. The lowest BCUT2D eigenvalue weighted by atomic mass is 10.0. The van der Waals surface area contributed by atoms with Crippen LogP contribution in [-0.2, 0) is 16.5 Å². The molecule has 1 aromatic heterocycles. The molecule has 0 radical (unpaired) electrons. The molecular weight excluding hydrogens is 335 g/mol. The predicted molar refractivity (Wildman–Crippen MR) is 78.8 cm³/mol. The van der Waals surface area contributed by atoms with E-state index < -0.39 is 26.9 Å².